The van der Waals surface area contributed by atoms with Crippen LogP contribution in [0.15, 0.2) is 42.5 Å². The van der Waals surface area contributed by atoms with Crippen molar-refractivity contribution in [1.29, 1.82) is 0 Å². The molecule has 2 fully saturated rings. The molecule has 0 saturated carbocycles. The fourth-order valence-corrected chi connectivity index (χ4v) is 5.88. The fourth-order valence-electron chi connectivity index (χ4n) is 3.78. The standard InChI is InChI=1S/C19H19ClN2O4S/c1-12-3-4-14(9-16(12)20)22-18-11-27(24,25)10-17(18)21(19(22)23)13-5-7-15(26-2)8-6-13/h3-9,17-18H,10-11H2,1-2H3/t17-,18-/m0/s1. The first-order chi connectivity index (χ1) is 12.8. The Kier molecular flexibility index (Phi) is 4.31. The van der Waals surface area contributed by atoms with Crippen LogP contribution in [0.4, 0.5) is 16.2 Å². The number of carbonyl (C=O) groups excluding carboxylic acids is 1. The molecule has 2 saturated heterocycles. The SMILES string of the molecule is COc1ccc(N2C(=O)N(c3ccc(C)c(Cl)c3)[C@H]3CS(=O)(=O)C[C@@H]32)cc1. The van der Waals surface area contributed by atoms with Crippen molar-refractivity contribution in [3.8, 4) is 5.75 Å². The number of aryl methyl sites for hydroxylation is 1. The molecule has 0 bridgehead atoms. The Hall–Kier alpha value is -2.25. The van der Waals surface area contributed by atoms with Gasteiger partial charge in [-0.25, -0.2) is 13.2 Å². The molecule has 4 rings (SSSR count). The summed E-state index contributed by atoms with van der Waals surface area (Å²) in [6.45, 7) is 1.88. The third-order valence-electron chi connectivity index (χ3n) is 5.15. The summed E-state index contributed by atoms with van der Waals surface area (Å²) in [5.74, 6) is 0.566. The monoisotopic (exact) mass is 406 g/mol. The minimum absolute atomic E-state index is 0.0501. The van der Waals surface area contributed by atoms with Crippen molar-refractivity contribution in [2.45, 2.75) is 19.0 Å². The fraction of sp³-hybridized carbons (Fsp3) is 0.316. The van der Waals surface area contributed by atoms with E-state index in [-0.39, 0.29) is 17.5 Å². The first-order valence-electron chi connectivity index (χ1n) is 8.54. The van der Waals surface area contributed by atoms with Gasteiger partial charge in [-0.1, -0.05) is 17.7 Å². The predicted molar refractivity (Wildman–Crippen MR) is 106 cm³/mol. The van der Waals surface area contributed by atoms with Crippen LogP contribution in [0.3, 0.4) is 0 Å². The topological polar surface area (TPSA) is 66.9 Å². The molecular formula is C19H19ClN2O4S. The van der Waals surface area contributed by atoms with E-state index >= 15 is 0 Å². The maximum absolute atomic E-state index is 13.3. The molecule has 2 aliphatic rings. The van der Waals surface area contributed by atoms with Crippen LogP contribution >= 0.6 is 11.6 Å². The van der Waals surface area contributed by atoms with Crippen molar-refractivity contribution in [2.75, 3.05) is 28.4 Å². The second-order valence-corrected chi connectivity index (χ2v) is 9.43. The molecule has 2 aromatic carbocycles. The van der Waals surface area contributed by atoms with Gasteiger partial charge >= 0.3 is 6.03 Å². The number of ether oxygens (including phenoxy) is 1. The summed E-state index contributed by atoms with van der Waals surface area (Å²) in [6, 6.07) is 11.3. The van der Waals surface area contributed by atoms with Crippen LogP contribution in [-0.2, 0) is 9.84 Å². The largest absolute Gasteiger partial charge is 0.497 e. The molecule has 0 N–H and O–H groups in total. The zero-order chi connectivity index (χ0) is 19.3. The molecule has 0 spiro atoms. The number of fused-ring (bicyclic) bond motifs is 1. The average Bonchev–Trinajstić information content (AvgIpc) is 3.06. The number of hydrogen-bond acceptors (Lipinski definition) is 4. The number of hydrogen-bond donors (Lipinski definition) is 0. The van der Waals surface area contributed by atoms with Crippen molar-refractivity contribution >= 4 is 38.8 Å². The first-order valence-corrected chi connectivity index (χ1v) is 10.7. The highest BCUT2D eigenvalue weighted by Gasteiger charge is 2.54. The summed E-state index contributed by atoms with van der Waals surface area (Å²) in [6.07, 6.45) is 0. The number of rotatable bonds is 3. The smallest absolute Gasteiger partial charge is 0.329 e. The van der Waals surface area contributed by atoms with Crippen molar-refractivity contribution in [2.24, 2.45) is 0 Å². The summed E-state index contributed by atoms with van der Waals surface area (Å²) in [4.78, 5) is 16.4. The summed E-state index contributed by atoms with van der Waals surface area (Å²) < 4.78 is 29.8. The lowest BCUT2D eigenvalue weighted by Gasteiger charge is -2.23. The number of carbonyl (C=O) groups is 1. The molecule has 2 atom stereocenters. The van der Waals surface area contributed by atoms with E-state index in [2.05, 4.69) is 0 Å². The molecular weight excluding hydrogens is 388 g/mol. The number of sulfone groups is 1. The third-order valence-corrected chi connectivity index (χ3v) is 7.26. The Morgan fingerprint density at radius 3 is 2.11 bits per heavy atom. The molecule has 0 radical (unpaired) electrons. The second-order valence-electron chi connectivity index (χ2n) is 6.87. The second kappa shape index (κ2) is 6.42. The van der Waals surface area contributed by atoms with Crippen LogP contribution in [0, 0.1) is 6.92 Å². The number of benzene rings is 2. The van der Waals surface area contributed by atoms with Gasteiger partial charge in [0.2, 0.25) is 0 Å². The Morgan fingerprint density at radius 1 is 1.00 bits per heavy atom. The van der Waals surface area contributed by atoms with Gasteiger partial charge in [0.25, 0.3) is 0 Å². The Labute approximate surface area is 163 Å². The Bertz CT molecular complexity index is 1010. The molecule has 27 heavy (non-hydrogen) atoms. The van der Waals surface area contributed by atoms with E-state index in [9.17, 15) is 13.2 Å². The predicted octanol–water partition coefficient (Wildman–Crippen LogP) is 3.27. The van der Waals surface area contributed by atoms with Crippen LogP contribution in [0.5, 0.6) is 5.75 Å². The van der Waals surface area contributed by atoms with Gasteiger partial charge in [-0.3, -0.25) is 9.80 Å². The lowest BCUT2D eigenvalue weighted by Crippen LogP contribution is -2.37. The summed E-state index contributed by atoms with van der Waals surface area (Å²) in [5, 5.41) is 0.542. The van der Waals surface area contributed by atoms with Crippen molar-refractivity contribution in [3.63, 3.8) is 0 Å². The van der Waals surface area contributed by atoms with Gasteiger partial charge in [0.05, 0.1) is 30.7 Å². The van der Waals surface area contributed by atoms with E-state index in [1.165, 1.54) is 0 Å². The van der Waals surface area contributed by atoms with Crippen LogP contribution < -0.4 is 14.5 Å². The lowest BCUT2D eigenvalue weighted by molar-refractivity contribution is 0.255. The zero-order valence-corrected chi connectivity index (χ0v) is 16.5. The van der Waals surface area contributed by atoms with E-state index in [1.54, 1.807) is 53.3 Å². The van der Waals surface area contributed by atoms with E-state index in [1.807, 2.05) is 13.0 Å². The zero-order valence-electron chi connectivity index (χ0n) is 14.9. The maximum Gasteiger partial charge on any atom is 0.329 e. The van der Waals surface area contributed by atoms with Crippen LogP contribution in [-0.4, -0.2) is 45.1 Å². The van der Waals surface area contributed by atoms with Crippen molar-refractivity contribution in [3.05, 3.63) is 53.1 Å². The maximum atomic E-state index is 13.3. The molecule has 0 unspecified atom stereocenters. The van der Waals surface area contributed by atoms with Gasteiger partial charge in [-0.2, -0.15) is 0 Å². The average molecular weight is 407 g/mol. The highest BCUT2D eigenvalue weighted by molar-refractivity contribution is 7.91. The van der Waals surface area contributed by atoms with Gasteiger partial charge in [-0.15, -0.1) is 0 Å². The van der Waals surface area contributed by atoms with Gasteiger partial charge < -0.3 is 4.74 Å². The highest BCUT2D eigenvalue weighted by Crippen LogP contribution is 2.39. The number of amides is 2. The normalized spacial score (nSPS) is 23.6. The summed E-state index contributed by atoms with van der Waals surface area (Å²) >= 11 is 6.24. The number of nitrogens with zero attached hydrogens (tertiary/aromatic N) is 2. The van der Waals surface area contributed by atoms with Crippen LogP contribution in [0.25, 0.3) is 0 Å². The number of methoxy groups -OCH3 is 1. The minimum Gasteiger partial charge on any atom is -0.497 e. The number of urea groups is 1. The molecule has 2 amide bonds. The molecule has 0 aromatic heterocycles. The lowest BCUT2D eigenvalue weighted by atomic mass is 10.1. The van der Waals surface area contributed by atoms with Gasteiger partial charge in [0, 0.05) is 16.4 Å². The molecule has 2 heterocycles. The Morgan fingerprint density at radius 2 is 1.56 bits per heavy atom. The van der Waals surface area contributed by atoms with E-state index in [0.29, 0.717) is 22.1 Å². The van der Waals surface area contributed by atoms with E-state index in [4.69, 9.17) is 16.3 Å². The number of halogens is 1. The highest BCUT2D eigenvalue weighted by atomic mass is 35.5. The molecule has 2 aromatic rings. The van der Waals surface area contributed by atoms with Crippen LogP contribution in [0.2, 0.25) is 5.02 Å². The van der Waals surface area contributed by atoms with Gasteiger partial charge in [0.15, 0.2) is 9.84 Å². The molecule has 8 heteroatoms. The van der Waals surface area contributed by atoms with Gasteiger partial charge in [-0.05, 0) is 48.9 Å². The molecule has 0 aliphatic carbocycles. The van der Waals surface area contributed by atoms with Gasteiger partial charge in [0.1, 0.15) is 5.75 Å². The molecule has 6 nitrogen and oxygen atoms in total. The minimum atomic E-state index is -3.24. The first kappa shape index (κ1) is 18.1. The molecule has 2 aliphatic heterocycles. The number of anilines is 2. The molecule has 142 valence electrons. The third kappa shape index (κ3) is 3.04. The quantitative estimate of drug-likeness (QED) is 0.734. The van der Waals surface area contributed by atoms with Crippen molar-refractivity contribution in [1.82, 2.24) is 0 Å². The summed E-state index contributed by atoms with van der Waals surface area (Å²) in [7, 11) is -1.67. The Balaban J connectivity index is 1.78. The van der Waals surface area contributed by atoms with Crippen LogP contribution in [0.1, 0.15) is 5.56 Å². The summed E-state index contributed by atoms with van der Waals surface area (Å²) in [5.41, 5.74) is 2.15. The van der Waals surface area contributed by atoms with Crippen molar-refractivity contribution < 1.29 is 17.9 Å². The van der Waals surface area contributed by atoms with E-state index < -0.39 is 21.9 Å². The van der Waals surface area contributed by atoms with E-state index in [0.717, 1.165) is 5.56 Å².